The highest BCUT2D eigenvalue weighted by Gasteiger charge is 2.17. The van der Waals surface area contributed by atoms with Crippen LogP contribution in [0.15, 0.2) is 24.3 Å². The normalized spacial score (nSPS) is 12.9. The molecule has 4 nitrogen and oxygen atoms in total. The van der Waals surface area contributed by atoms with E-state index < -0.39 is 0 Å². The fourth-order valence-corrected chi connectivity index (χ4v) is 1.83. The van der Waals surface area contributed by atoms with Gasteiger partial charge in [0, 0.05) is 30.7 Å². The van der Waals surface area contributed by atoms with E-state index in [0.29, 0.717) is 12.6 Å². The Balaban J connectivity index is 2.72. The van der Waals surface area contributed by atoms with Gasteiger partial charge in [-0.15, -0.1) is 0 Å². The van der Waals surface area contributed by atoms with E-state index in [1.807, 2.05) is 31.2 Å². The first-order valence-electron chi connectivity index (χ1n) is 6.28. The molecular weight excluding hydrogens is 226 g/mol. The lowest BCUT2D eigenvalue weighted by atomic mass is 10.1. The maximum Gasteiger partial charge on any atom is 0.221 e. The number of hydrogen-bond donors (Lipinski definition) is 2. The summed E-state index contributed by atoms with van der Waals surface area (Å²) >= 11 is 0. The number of nitrogens with two attached hydrogens (primary N) is 2. The number of nitrogens with zero attached hydrogens (tertiary/aromatic N) is 1. The number of rotatable bonds is 6. The summed E-state index contributed by atoms with van der Waals surface area (Å²) in [5.41, 5.74) is 13.0. The largest absolute Gasteiger partial charge is 0.399 e. The van der Waals surface area contributed by atoms with Crippen LogP contribution in [0.2, 0.25) is 0 Å². The zero-order valence-electron chi connectivity index (χ0n) is 11.4. The van der Waals surface area contributed by atoms with Crippen LogP contribution in [0.1, 0.15) is 26.3 Å². The molecule has 4 N–H and O–H groups in total. The Kier molecular flexibility index (Phi) is 5.16. The van der Waals surface area contributed by atoms with E-state index in [1.54, 1.807) is 0 Å². The van der Waals surface area contributed by atoms with E-state index in [-0.39, 0.29) is 11.8 Å². The van der Waals surface area contributed by atoms with Crippen molar-refractivity contribution in [2.75, 3.05) is 12.3 Å². The maximum absolute atomic E-state index is 11.1. The third kappa shape index (κ3) is 4.37. The van der Waals surface area contributed by atoms with E-state index in [1.165, 1.54) is 0 Å². The first-order valence-corrected chi connectivity index (χ1v) is 6.28. The SMILES string of the molecule is CC(CN(Cc1cccc(N)c1)C(C)C)C(N)=O. The van der Waals surface area contributed by atoms with Gasteiger partial charge in [0.25, 0.3) is 0 Å². The van der Waals surface area contributed by atoms with E-state index in [0.717, 1.165) is 17.8 Å². The third-order valence-electron chi connectivity index (χ3n) is 3.06. The standard InChI is InChI=1S/C14H23N3O/c1-10(2)17(8-11(3)14(16)18)9-12-5-4-6-13(15)7-12/h4-7,10-11H,8-9,15H2,1-3H3,(H2,16,18). The van der Waals surface area contributed by atoms with Crippen molar-refractivity contribution in [2.45, 2.75) is 33.4 Å². The predicted molar refractivity (Wildman–Crippen MR) is 74.8 cm³/mol. The van der Waals surface area contributed by atoms with Crippen LogP contribution in [0.4, 0.5) is 5.69 Å². The van der Waals surface area contributed by atoms with Gasteiger partial charge in [-0.25, -0.2) is 0 Å². The summed E-state index contributed by atoms with van der Waals surface area (Å²) < 4.78 is 0. The van der Waals surface area contributed by atoms with Crippen LogP contribution < -0.4 is 11.5 Å². The number of amides is 1. The molecule has 18 heavy (non-hydrogen) atoms. The number of carbonyl (C=O) groups is 1. The van der Waals surface area contributed by atoms with Crippen LogP contribution in [-0.2, 0) is 11.3 Å². The second-order valence-corrected chi connectivity index (χ2v) is 5.07. The summed E-state index contributed by atoms with van der Waals surface area (Å²) in [5.74, 6) is -0.401. The van der Waals surface area contributed by atoms with Crippen molar-refractivity contribution < 1.29 is 4.79 Å². The Labute approximate surface area is 109 Å². The van der Waals surface area contributed by atoms with Crippen LogP contribution in [0.3, 0.4) is 0 Å². The van der Waals surface area contributed by atoms with Crippen molar-refractivity contribution >= 4 is 11.6 Å². The van der Waals surface area contributed by atoms with E-state index >= 15 is 0 Å². The molecule has 0 heterocycles. The van der Waals surface area contributed by atoms with Gasteiger partial charge in [-0.2, -0.15) is 0 Å². The summed E-state index contributed by atoms with van der Waals surface area (Å²) in [7, 11) is 0. The maximum atomic E-state index is 11.1. The fraction of sp³-hybridized carbons (Fsp3) is 0.500. The number of carbonyl (C=O) groups excluding carboxylic acids is 1. The van der Waals surface area contributed by atoms with Gasteiger partial charge in [0.1, 0.15) is 0 Å². The first kappa shape index (κ1) is 14.5. The number of primary amides is 1. The van der Waals surface area contributed by atoms with Crippen molar-refractivity contribution in [2.24, 2.45) is 11.7 Å². The minimum absolute atomic E-state index is 0.145. The van der Waals surface area contributed by atoms with Crippen molar-refractivity contribution in [3.63, 3.8) is 0 Å². The number of hydrogen-bond acceptors (Lipinski definition) is 3. The molecule has 4 heteroatoms. The summed E-state index contributed by atoms with van der Waals surface area (Å²) in [6, 6.07) is 8.18. The number of nitrogen functional groups attached to an aromatic ring is 1. The quantitative estimate of drug-likeness (QED) is 0.752. The topological polar surface area (TPSA) is 72.3 Å². The van der Waals surface area contributed by atoms with Crippen molar-refractivity contribution in [1.82, 2.24) is 4.90 Å². The molecule has 1 atom stereocenters. The molecule has 0 fully saturated rings. The molecule has 1 amide bonds. The monoisotopic (exact) mass is 249 g/mol. The second-order valence-electron chi connectivity index (χ2n) is 5.07. The molecule has 0 aliphatic heterocycles. The lowest BCUT2D eigenvalue weighted by molar-refractivity contribution is -0.122. The van der Waals surface area contributed by atoms with Gasteiger partial charge < -0.3 is 11.5 Å². The Morgan fingerprint density at radius 3 is 2.50 bits per heavy atom. The molecule has 0 saturated heterocycles. The van der Waals surface area contributed by atoms with Crippen molar-refractivity contribution in [3.05, 3.63) is 29.8 Å². The predicted octanol–water partition coefficient (Wildman–Crippen LogP) is 1.60. The van der Waals surface area contributed by atoms with Crippen LogP contribution in [0.5, 0.6) is 0 Å². The fourth-order valence-electron chi connectivity index (χ4n) is 1.83. The van der Waals surface area contributed by atoms with Gasteiger partial charge >= 0.3 is 0 Å². The van der Waals surface area contributed by atoms with Gasteiger partial charge in [0.15, 0.2) is 0 Å². The zero-order valence-corrected chi connectivity index (χ0v) is 11.4. The molecular formula is C14H23N3O. The molecule has 0 spiro atoms. The van der Waals surface area contributed by atoms with Gasteiger partial charge in [-0.05, 0) is 31.5 Å². The number of benzene rings is 1. The molecule has 0 aromatic heterocycles. The highest BCUT2D eigenvalue weighted by Crippen LogP contribution is 2.13. The molecule has 1 aromatic rings. The summed E-state index contributed by atoms with van der Waals surface area (Å²) in [5, 5.41) is 0. The average molecular weight is 249 g/mol. The highest BCUT2D eigenvalue weighted by molar-refractivity contribution is 5.76. The third-order valence-corrected chi connectivity index (χ3v) is 3.06. The Morgan fingerprint density at radius 2 is 2.00 bits per heavy atom. The molecule has 1 rings (SSSR count). The van der Waals surface area contributed by atoms with Crippen LogP contribution in [0, 0.1) is 5.92 Å². The molecule has 100 valence electrons. The number of anilines is 1. The molecule has 0 saturated carbocycles. The molecule has 0 bridgehead atoms. The van der Waals surface area contributed by atoms with Gasteiger partial charge in [0.05, 0.1) is 0 Å². The lowest BCUT2D eigenvalue weighted by Gasteiger charge is -2.28. The molecule has 0 aliphatic rings. The molecule has 1 aromatic carbocycles. The van der Waals surface area contributed by atoms with Gasteiger partial charge in [0.2, 0.25) is 5.91 Å². The van der Waals surface area contributed by atoms with Crippen LogP contribution in [0.25, 0.3) is 0 Å². The lowest BCUT2D eigenvalue weighted by Crippen LogP contribution is -2.38. The minimum Gasteiger partial charge on any atom is -0.399 e. The van der Waals surface area contributed by atoms with E-state index in [4.69, 9.17) is 11.5 Å². The van der Waals surface area contributed by atoms with Crippen molar-refractivity contribution in [1.29, 1.82) is 0 Å². The van der Waals surface area contributed by atoms with Crippen LogP contribution in [-0.4, -0.2) is 23.4 Å². The van der Waals surface area contributed by atoms with Gasteiger partial charge in [-0.3, -0.25) is 9.69 Å². The van der Waals surface area contributed by atoms with Crippen molar-refractivity contribution in [3.8, 4) is 0 Å². The second kappa shape index (κ2) is 6.40. The summed E-state index contributed by atoms with van der Waals surface area (Å²) in [6.07, 6.45) is 0. The average Bonchev–Trinajstić information content (AvgIpc) is 2.27. The Bertz CT molecular complexity index is 404. The zero-order chi connectivity index (χ0) is 13.7. The Morgan fingerprint density at radius 1 is 1.33 bits per heavy atom. The Hall–Kier alpha value is -1.55. The first-order chi connectivity index (χ1) is 8.40. The highest BCUT2D eigenvalue weighted by atomic mass is 16.1. The summed E-state index contributed by atoms with van der Waals surface area (Å²) in [4.78, 5) is 13.4. The van der Waals surface area contributed by atoms with Crippen LogP contribution >= 0.6 is 0 Å². The molecule has 0 aliphatic carbocycles. The van der Waals surface area contributed by atoms with E-state index in [2.05, 4.69) is 18.7 Å². The molecule has 1 unspecified atom stereocenters. The summed E-state index contributed by atoms with van der Waals surface area (Å²) in [6.45, 7) is 7.53. The van der Waals surface area contributed by atoms with E-state index in [9.17, 15) is 4.79 Å². The molecule has 0 radical (unpaired) electrons. The smallest absolute Gasteiger partial charge is 0.221 e. The minimum atomic E-state index is -0.256. The van der Waals surface area contributed by atoms with Gasteiger partial charge in [-0.1, -0.05) is 19.1 Å².